The topological polar surface area (TPSA) is 45.6 Å². The summed E-state index contributed by atoms with van der Waals surface area (Å²) in [6.45, 7) is 0. The molecule has 7 aromatic rings. The largest absolute Gasteiger partial charge is 0.539 e. The molecule has 4 nitrogen and oxygen atoms in total. The number of hydrogen-bond acceptors (Lipinski definition) is 4. The summed E-state index contributed by atoms with van der Waals surface area (Å²) in [5, 5.41) is 9.34. The zero-order valence-electron chi connectivity index (χ0n) is 25.7. The predicted molar refractivity (Wildman–Crippen MR) is 192 cm³/mol. The Morgan fingerprint density at radius 2 is 1.11 bits per heavy atom. The van der Waals surface area contributed by atoms with Crippen LogP contribution in [0.3, 0.4) is 0 Å². The maximum atomic E-state index is 9.34. The molecule has 5 heteroatoms. The highest BCUT2D eigenvalue weighted by molar-refractivity contribution is 6.17. The molecule has 0 aliphatic heterocycles. The van der Waals surface area contributed by atoms with Crippen LogP contribution in [0.5, 0.6) is 5.75 Å². The van der Waals surface area contributed by atoms with E-state index in [1.54, 1.807) is 0 Å². The van der Waals surface area contributed by atoms with Gasteiger partial charge < -0.3 is 14.6 Å². The monoisotopic (exact) mass is 606 g/mol. The van der Waals surface area contributed by atoms with Gasteiger partial charge in [-0.15, -0.1) is 0 Å². The molecule has 47 heavy (non-hydrogen) atoms. The summed E-state index contributed by atoms with van der Waals surface area (Å²) < 4.78 is 5.37. The first-order valence-corrected chi connectivity index (χ1v) is 15.8. The fourth-order valence-electron chi connectivity index (χ4n) is 7.10. The molecule has 1 aromatic heterocycles. The van der Waals surface area contributed by atoms with E-state index in [0.717, 1.165) is 28.3 Å². The van der Waals surface area contributed by atoms with Gasteiger partial charge in [0.05, 0.1) is 11.1 Å². The van der Waals surface area contributed by atoms with Gasteiger partial charge >= 0.3 is 7.69 Å². The van der Waals surface area contributed by atoms with E-state index < -0.39 is 5.41 Å². The highest BCUT2D eigenvalue weighted by Gasteiger charge is 2.46. The fraction of sp³-hybridized carbons (Fsp3) is 0.0238. The molecule has 0 spiro atoms. The summed E-state index contributed by atoms with van der Waals surface area (Å²) in [6.07, 6.45) is 1.82. The third-order valence-electron chi connectivity index (χ3n) is 9.11. The lowest BCUT2D eigenvalue weighted by Gasteiger charge is -2.35. The molecule has 1 aliphatic carbocycles. The van der Waals surface area contributed by atoms with Gasteiger partial charge in [-0.1, -0.05) is 109 Å². The molecule has 0 saturated heterocycles. The molecule has 1 aliphatic rings. The number of anilines is 3. The van der Waals surface area contributed by atoms with E-state index in [4.69, 9.17) is 4.65 Å². The maximum absolute atomic E-state index is 9.34. The van der Waals surface area contributed by atoms with Crippen LogP contribution in [-0.4, -0.2) is 17.7 Å². The van der Waals surface area contributed by atoms with Crippen molar-refractivity contribution >= 4 is 24.7 Å². The quantitative estimate of drug-likeness (QED) is 0.175. The van der Waals surface area contributed by atoms with E-state index in [9.17, 15) is 5.02 Å². The molecule has 1 N–H and O–H groups in total. The lowest BCUT2D eigenvalue weighted by molar-refractivity contribution is 0.454. The van der Waals surface area contributed by atoms with Gasteiger partial charge in [0.15, 0.2) is 0 Å². The molecule has 224 valence electrons. The van der Waals surface area contributed by atoms with E-state index in [2.05, 4.69) is 137 Å². The Labute approximate surface area is 275 Å². The van der Waals surface area contributed by atoms with E-state index in [0.29, 0.717) is 5.75 Å². The van der Waals surface area contributed by atoms with Crippen molar-refractivity contribution in [1.29, 1.82) is 0 Å². The van der Waals surface area contributed by atoms with Crippen molar-refractivity contribution in [2.75, 3.05) is 4.90 Å². The second-order valence-corrected chi connectivity index (χ2v) is 11.6. The minimum Gasteiger partial charge on any atom is -0.539 e. The lowest BCUT2D eigenvalue weighted by Crippen LogP contribution is -2.28. The molecule has 6 aromatic carbocycles. The van der Waals surface area contributed by atoms with Crippen LogP contribution in [-0.2, 0) is 5.41 Å². The minimum atomic E-state index is -0.502. The standard InChI is InChI=1S/C42H31BN2O2/c46-43-47-36-25-22-34(23-26-36)45(33-20-18-30(19-21-33)41-17-9-10-28-44-41)35-24-27-38-37-15-7-8-16-39(37)42(40(38)29-35,31-11-3-1-4-12-31)32-13-5-2-6-14-32/h1-29,43,46H. The Balaban J connectivity index is 1.35. The maximum Gasteiger partial charge on any atom is 0.504 e. The van der Waals surface area contributed by atoms with E-state index in [-0.39, 0.29) is 7.69 Å². The third kappa shape index (κ3) is 4.89. The average Bonchev–Trinajstić information content (AvgIpc) is 3.44. The van der Waals surface area contributed by atoms with Gasteiger partial charge in [-0.3, -0.25) is 4.98 Å². The molecule has 0 amide bonds. The second kappa shape index (κ2) is 12.1. The van der Waals surface area contributed by atoms with Gasteiger partial charge in [0.25, 0.3) is 0 Å². The van der Waals surface area contributed by atoms with Gasteiger partial charge in [0.1, 0.15) is 5.75 Å². The molecule has 0 unspecified atom stereocenters. The Hall–Kier alpha value is -5.91. The van der Waals surface area contributed by atoms with Crippen LogP contribution in [0, 0.1) is 0 Å². The Morgan fingerprint density at radius 1 is 0.532 bits per heavy atom. The first kappa shape index (κ1) is 28.6. The second-order valence-electron chi connectivity index (χ2n) is 11.6. The SMILES string of the molecule is OBOc1ccc(N(c2ccc(-c3ccccn3)cc2)c2ccc3c(c2)C(c2ccccc2)(c2ccccc2)c2ccccc2-3)cc1. The zero-order valence-corrected chi connectivity index (χ0v) is 25.7. The van der Waals surface area contributed by atoms with Crippen molar-refractivity contribution in [3.8, 4) is 28.1 Å². The van der Waals surface area contributed by atoms with Crippen LogP contribution in [0.1, 0.15) is 22.3 Å². The van der Waals surface area contributed by atoms with Crippen molar-refractivity contribution in [3.05, 3.63) is 198 Å². The van der Waals surface area contributed by atoms with Crippen LogP contribution in [0.2, 0.25) is 0 Å². The number of hydrogen-bond donors (Lipinski definition) is 1. The fourth-order valence-corrected chi connectivity index (χ4v) is 7.10. The Bertz CT molecular complexity index is 2100. The Kier molecular flexibility index (Phi) is 7.37. The van der Waals surface area contributed by atoms with Crippen LogP contribution in [0.25, 0.3) is 22.4 Å². The highest BCUT2D eigenvalue weighted by atomic mass is 16.5. The van der Waals surface area contributed by atoms with Crippen LogP contribution >= 0.6 is 0 Å². The molecule has 0 radical (unpaired) electrons. The number of fused-ring (bicyclic) bond motifs is 3. The summed E-state index contributed by atoms with van der Waals surface area (Å²) in [6, 6.07) is 59.7. The van der Waals surface area contributed by atoms with Crippen LogP contribution < -0.4 is 9.55 Å². The summed E-state index contributed by atoms with van der Waals surface area (Å²) >= 11 is 0. The molecule has 0 fully saturated rings. The van der Waals surface area contributed by atoms with E-state index in [1.807, 2.05) is 48.7 Å². The van der Waals surface area contributed by atoms with Gasteiger partial charge in [-0.25, -0.2) is 0 Å². The Morgan fingerprint density at radius 3 is 1.74 bits per heavy atom. The van der Waals surface area contributed by atoms with E-state index >= 15 is 0 Å². The van der Waals surface area contributed by atoms with Crippen molar-refractivity contribution in [2.24, 2.45) is 0 Å². The molecular formula is C42H31BN2O2. The van der Waals surface area contributed by atoms with Gasteiger partial charge in [0.2, 0.25) is 0 Å². The minimum absolute atomic E-state index is 0.371. The van der Waals surface area contributed by atoms with Crippen molar-refractivity contribution in [1.82, 2.24) is 4.98 Å². The number of pyridine rings is 1. The molecule has 0 bridgehead atoms. The van der Waals surface area contributed by atoms with Crippen molar-refractivity contribution in [2.45, 2.75) is 5.41 Å². The summed E-state index contributed by atoms with van der Waals surface area (Å²) in [5.74, 6) is 0.610. The summed E-state index contributed by atoms with van der Waals surface area (Å²) in [7, 11) is -0.371. The average molecular weight is 607 g/mol. The van der Waals surface area contributed by atoms with Crippen molar-refractivity contribution in [3.63, 3.8) is 0 Å². The molecule has 8 rings (SSSR count). The van der Waals surface area contributed by atoms with E-state index in [1.165, 1.54) is 33.4 Å². The summed E-state index contributed by atoms with van der Waals surface area (Å²) in [4.78, 5) is 6.82. The van der Waals surface area contributed by atoms with Gasteiger partial charge in [-0.2, -0.15) is 0 Å². The van der Waals surface area contributed by atoms with Crippen LogP contribution in [0.15, 0.2) is 176 Å². The molecule has 0 atom stereocenters. The highest BCUT2D eigenvalue weighted by Crippen LogP contribution is 2.57. The van der Waals surface area contributed by atoms with Crippen molar-refractivity contribution < 1.29 is 9.68 Å². The number of rotatable bonds is 8. The first-order chi connectivity index (χ1) is 23.3. The third-order valence-corrected chi connectivity index (χ3v) is 9.11. The molecule has 1 heterocycles. The zero-order chi connectivity index (χ0) is 31.6. The molecule has 0 saturated carbocycles. The number of benzene rings is 6. The smallest absolute Gasteiger partial charge is 0.504 e. The number of aromatic nitrogens is 1. The normalized spacial score (nSPS) is 12.5. The van der Waals surface area contributed by atoms with Gasteiger partial charge in [0, 0.05) is 28.8 Å². The molecular weight excluding hydrogens is 575 g/mol. The van der Waals surface area contributed by atoms with Gasteiger partial charge in [-0.05, 0) is 94.0 Å². The predicted octanol–water partition coefficient (Wildman–Crippen LogP) is 9.22. The summed E-state index contributed by atoms with van der Waals surface area (Å²) in [5.41, 5.74) is 12.0. The lowest BCUT2D eigenvalue weighted by atomic mass is 9.67. The van der Waals surface area contributed by atoms with Crippen LogP contribution in [0.4, 0.5) is 17.1 Å². The number of nitrogens with zero attached hydrogens (tertiary/aromatic N) is 2. The first-order valence-electron chi connectivity index (χ1n) is 15.8.